The summed E-state index contributed by atoms with van der Waals surface area (Å²) in [5.41, 5.74) is 1.96. The number of aromatic amines is 1. The van der Waals surface area contributed by atoms with Gasteiger partial charge in [0.05, 0.1) is 11.6 Å². The maximum absolute atomic E-state index is 13.0. The highest BCUT2D eigenvalue weighted by Gasteiger charge is 2.80. The number of phenols is 1. The molecule has 7 heteroatoms. The minimum atomic E-state index is -1.03. The number of aromatic hydroxyl groups is 1. The molecule has 2 heterocycles. The number of carbonyl (C=O) groups excluding carboxylic acids is 1. The van der Waals surface area contributed by atoms with Crippen LogP contribution in [-0.2, 0) is 23.7 Å². The van der Waals surface area contributed by atoms with Crippen molar-refractivity contribution < 1.29 is 15.0 Å². The fourth-order valence-corrected chi connectivity index (χ4v) is 8.87. The monoisotopic (exact) mass is 475 g/mol. The number of likely N-dealkylation sites (tertiary alicyclic amines) is 1. The van der Waals surface area contributed by atoms with Crippen LogP contribution in [0.1, 0.15) is 71.3 Å². The summed E-state index contributed by atoms with van der Waals surface area (Å²) in [6.45, 7) is 1.49. The van der Waals surface area contributed by atoms with Crippen molar-refractivity contribution in [2.45, 2.75) is 73.8 Å². The Labute approximate surface area is 204 Å². The number of hydrogen-bond acceptors (Lipinski definition) is 5. The van der Waals surface area contributed by atoms with Crippen molar-refractivity contribution in [2.75, 3.05) is 20.1 Å². The molecule has 5 aliphatic rings. The molecule has 1 saturated heterocycles. The third-order valence-electron chi connectivity index (χ3n) is 10.1. The molecule has 2 aromatic rings. The van der Waals surface area contributed by atoms with Gasteiger partial charge in [-0.25, -0.2) is 0 Å². The number of phenolic OH excluding ortho intramolecular Hbond substituents is 1. The molecule has 2 saturated carbocycles. The van der Waals surface area contributed by atoms with Crippen LogP contribution in [0.4, 0.5) is 0 Å². The summed E-state index contributed by atoms with van der Waals surface area (Å²) in [5.74, 6) is 0.367. The Morgan fingerprint density at radius 2 is 1.97 bits per heavy atom. The molecule has 0 radical (unpaired) electrons. The molecule has 1 aliphatic heterocycles. The number of aliphatic hydroxyl groups is 1. The zero-order valence-electron chi connectivity index (χ0n) is 20.2. The smallest absolute Gasteiger partial charge is 0.261 e. The second-order valence-corrected chi connectivity index (χ2v) is 12.0. The van der Waals surface area contributed by atoms with Crippen molar-refractivity contribution in [1.82, 2.24) is 15.2 Å². The number of hydrogen-bond donors (Lipinski definition) is 4. The predicted molar refractivity (Wildman–Crippen MR) is 131 cm³/mol. The van der Waals surface area contributed by atoms with E-state index in [2.05, 4.69) is 22.2 Å². The van der Waals surface area contributed by atoms with Crippen LogP contribution >= 0.6 is 0 Å². The number of amides is 1. The zero-order valence-corrected chi connectivity index (χ0v) is 20.2. The quantitative estimate of drug-likeness (QED) is 0.544. The number of rotatable bonds is 3. The van der Waals surface area contributed by atoms with E-state index in [9.17, 15) is 19.8 Å². The molecular weight excluding hydrogens is 442 g/mol. The van der Waals surface area contributed by atoms with E-state index in [4.69, 9.17) is 0 Å². The third kappa shape index (κ3) is 2.63. The number of H-pyrrole nitrogens is 1. The number of nitrogens with zero attached hydrogens (tertiary/aromatic N) is 1. The molecule has 7 nitrogen and oxygen atoms in total. The third-order valence-corrected chi connectivity index (χ3v) is 10.1. The Morgan fingerprint density at radius 1 is 1.17 bits per heavy atom. The molecule has 4 N–H and O–H groups in total. The van der Waals surface area contributed by atoms with Crippen LogP contribution in [0.5, 0.6) is 5.75 Å². The molecule has 4 aliphatic carbocycles. The van der Waals surface area contributed by atoms with Gasteiger partial charge in [-0.3, -0.25) is 14.5 Å². The largest absolute Gasteiger partial charge is 0.508 e. The number of fused-ring (bicyclic) bond motifs is 3. The molecule has 4 atom stereocenters. The van der Waals surface area contributed by atoms with Crippen LogP contribution in [0.15, 0.2) is 29.1 Å². The molecule has 2 spiro atoms. The lowest BCUT2D eigenvalue weighted by Gasteiger charge is -2.61. The normalized spacial score (nSPS) is 35.0. The lowest BCUT2D eigenvalue weighted by Crippen LogP contribution is -2.74. The molecule has 184 valence electrons. The summed E-state index contributed by atoms with van der Waals surface area (Å²) in [4.78, 5) is 31.3. The van der Waals surface area contributed by atoms with Crippen molar-refractivity contribution in [2.24, 2.45) is 5.92 Å². The van der Waals surface area contributed by atoms with Crippen molar-refractivity contribution in [3.63, 3.8) is 0 Å². The Balaban J connectivity index is 1.25. The van der Waals surface area contributed by atoms with Gasteiger partial charge in [-0.05, 0) is 67.1 Å². The summed E-state index contributed by atoms with van der Waals surface area (Å²) in [6.07, 6.45) is 7.63. The van der Waals surface area contributed by atoms with Crippen LogP contribution < -0.4 is 10.9 Å². The summed E-state index contributed by atoms with van der Waals surface area (Å²) in [5, 5.41) is 25.7. The van der Waals surface area contributed by atoms with Gasteiger partial charge in [0, 0.05) is 42.5 Å². The van der Waals surface area contributed by atoms with Gasteiger partial charge in [-0.15, -0.1) is 0 Å². The van der Waals surface area contributed by atoms with Crippen LogP contribution in [0.2, 0.25) is 0 Å². The first-order valence-corrected chi connectivity index (χ1v) is 13.1. The Hall–Kier alpha value is -2.64. The topological polar surface area (TPSA) is 106 Å². The first-order valence-electron chi connectivity index (χ1n) is 13.1. The summed E-state index contributed by atoms with van der Waals surface area (Å²) in [6, 6.07) is 7.29. The van der Waals surface area contributed by atoms with E-state index < -0.39 is 11.0 Å². The predicted octanol–water partition coefficient (Wildman–Crippen LogP) is 2.13. The highest BCUT2D eigenvalue weighted by Crippen LogP contribution is 2.72. The Morgan fingerprint density at radius 3 is 2.74 bits per heavy atom. The molecule has 3 fully saturated rings. The van der Waals surface area contributed by atoms with E-state index in [1.54, 1.807) is 12.1 Å². The van der Waals surface area contributed by atoms with E-state index in [1.807, 2.05) is 12.1 Å². The second-order valence-electron chi connectivity index (χ2n) is 12.0. The van der Waals surface area contributed by atoms with Crippen molar-refractivity contribution in [1.29, 1.82) is 0 Å². The molecule has 1 unspecified atom stereocenters. The molecule has 35 heavy (non-hydrogen) atoms. The van der Waals surface area contributed by atoms with Crippen LogP contribution in [0, 0.1) is 5.92 Å². The minimum Gasteiger partial charge on any atom is -0.508 e. The summed E-state index contributed by atoms with van der Waals surface area (Å²) < 4.78 is 0. The number of likely N-dealkylation sites (N-methyl/N-ethyl adjacent to an activating group) is 1. The fraction of sp³-hybridized carbons (Fsp3) is 0.571. The lowest BCUT2D eigenvalue weighted by molar-refractivity contribution is -0.126. The van der Waals surface area contributed by atoms with Gasteiger partial charge in [0.2, 0.25) is 0 Å². The zero-order chi connectivity index (χ0) is 24.2. The molecule has 1 aromatic carbocycles. The maximum Gasteiger partial charge on any atom is 0.261 e. The Kier molecular flexibility index (Phi) is 4.31. The van der Waals surface area contributed by atoms with Crippen molar-refractivity contribution in [3.05, 3.63) is 62.6 Å². The highest BCUT2D eigenvalue weighted by atomic mass is 16.3. The molecule has 1 amide bonds. The average molecular weight is 476 g/mol. The highest BCUT2D eigenvalue weighted by molar-refractivity contribution is 5.94. The van der Waals surface area contributed by atoms with E-state index in [-0.39, 0.29) is 34.2 Å². The van der Waals surface area contributed by atoms with E-state index >= 15 is 0 Å². The number of aromatic nitrogens is 1. The summed E-state index contributed by atoms with van der Waals surface area (Å²) in [7, 11) is 2.06. The fourth-order valence-electron chi connectivity index (χ4n) is 8.87. The maximum atomic E-state index is 13.0. The molecule has 1 aromatic heterocycles. The number of carbonyl (C=O) groups is 1. The second kappa shape index (κ2) is 6.98. The van der Waals surface area contributed by atoms with Gasteiger partial charge in [0.25, 0.3) is 11.5 Å². The molecule has 2 bridgehead atoms. The lowest BCUT2D eigenvalue weighted by atomic mass is 9.55. The molecular formula is C28H33N3O4. The van der Waals surface area contributed by atoms with Gasteiger partial charge >= 0.3 is 0 Å². The first-order chi connectivity index (χ1) is 16.8. The van der Waals surface area contributed by atoms with Gasteiger partial charge < -0.3 is 20.5 Å². The SMILES string of the molecule is CN1CC23C[C@@]4(Cc5[nH]c(=O)c(C(=O)NCC6CCCCC6)cc5C[C@@]4(O)[C@H]12)c1cc(O)ccc13. The number of nitrogens with one attached hydrogen (secondary N) is 2. The van der Waals surface area contributed by atoms with Gasteiger partial charge in [-0.1, -0.05) is 25.3 Å². The first kappa shape index (κ1) is 21.6. The average Bonchev–Trinajstić information content (AvgIpc) is 3.20. The van der Waals surface area contributed by atoms with Gasteiger partial charge in [0.1, 0.15) is 11.3 Å². The summed E-state index contributed by atoms with van der Waals surface area (Å²) >= 11 is 0. The van der Waals surface area contributed by atoms with Crippen LogP contribution in [-0.4, -0.2) is 57.8 Å². The number of benzene rings is 1. The van der Waals surface area contributed by atoms with Gasteiger partial charge in [-0.2, -0.15) is 0 Å². The standard InChI is InChI=1S/C28H33N3O4/c1-31-15-26-14-27(21-10-18(32)7-8-20(21)26)12-22-17(11-28(27,35)25(26)31)9-19(24(34)30-22)23(33)29-13-16-5-3-2-4-6-16/h7-10,16,25,32,35H,2-6,11-15H2,1H3,(H,29,33)(H,30,34)/t25-,26?,27+,28-/m1/s1. The van der Waals surface area contributed by atoms with E-state index in [0.29, 0.717) is 25.3 Å². The van der Waals surface area contributed by atoms with Gasteiger partial charge in [0.15, 0.2) is 0 Å². The van der Waals surface area contributed by atoms with Crippen LogP contribution in [0.3, 0.4) is 0 Å². The van der Waals surface area contributed by atoms with E-state index in [0.717, 1.165) is 42.6 Å². The molecule has 7 rings (SSSR count). The van der Waals surface area contributed by atoms with Crippen molar-refractivity contribution >= 4 is 5.91 Å². The van der Waals surface area contributed by atoms with Crippen molar-refractivity contribution in [3.8, 4) is 5.75 Å². The minimum absolute atomic E-state index is 0.0179. The van der Waals surface area contributed by atoms with Crippen LogP contribution in [0.25, 0.3) is 0 Å². The Bertz CT molecular complexity index is 1310. The van der Waals surface area contributed by atoms with E-state index in [1.165, 1.54) is 24.8 Å². The number of pyridine rings is 1.